The second kappa shape index (κ2) is 7.59. The number of hydrogen-bond donors (Lipinski definition) is 1. The Bertz CT molecular complexity index is 1000. The summed E-state index contributed by atoms with van der Waals surface area (Å²) in [6, 6.07) is 7.17. The first-order valence-corrected chi connectivity index (χ1v) is 9.95. The lowest BCUT2D eigenvalue weighted by molar-refractivity contribution is 0.101. The maximum atomic E-state index is 12.2. The molecule has 0 atom stereocenters. The molecule has 0 bridgehead atoms. The van der Waals surface area contributed by atoms with Crippen LogP contribution in [0.5, 0.6) is 0 Å². The highest BCUT2D eigenvalue weighted by Gasteiger charge is 2.22. The first-order chi connectivity index (χ1) is 13.0. The Kier molecular flexibility index (Phi) is 5.19. The molecule has 0 saturated carbocycles. The van der Waals surface area contributed by atoms with Crippen molar-refractivity contribution in [1.29, 1.82) is 0 Å². The van der Waals surface area contributed by atoms with Crippen LogP contribution in [0, 0.1) is 6.92 Å². The van der Waals surface area contributed by atoms with Crippen LogP contribution in [0.15, 0.2) is 28.8 Å². The Hall–Kier alpha value is -1.93. The molecule has 0 unspecified atom stereocenters. The number of carbonyl (C=O) groups excluding carboxylic acids is 1. The van der Waals surface area contributed by atoms with Crippen molar-refractivity contribution in [2.75, 3.05) is 11.9 Å². The SMILES string of the molecule is Cc1cc(C(=O)Nc2nc3c(s2)CN(Cc2ccc(Cl)cc2Cl)CC3)no1. The molecule has 3 aromatic rings. The third-order valence-corrected chi connectivity index (χ3v) is 5.89. The predicted octanol–water partition coefficient (Wildman–Crippen LogP) is 4.56. The van der Waals surface area contributed by atoms with E-state index in [0.717, 1.165) is 42.2 Å². The first kappa shape index (κ1) is 18.4. The zero-order valence-electron chi connectivity index (χ0n) is 14.5. The number of nitrogens with zero attached hydrogens (tertiary/aromatic N) is 3. The third kappa shape index (κ3) is 4.16. The molecule has 3 heterocycles. The van der Waals surface area contributed by atoms with Crippen LogP contribution in [0.3, 0.4) is 0 Å². The molecule has 1 aromatic carbocycles. The van der Waals surface area contributed by atoms with Gasteiger partial charge in [-0.1, -0.05) is 34.4 Å². The number of carbonyl (C=O) groups is 1. The Morgan fingerprint density at radius 3 is 2.96 bits per heavy atom. The average Bonchev–Trinajstić information content (AvgIpc) is 3.22. The standard InChI is InChI=1S/C18H16Cl2N4O2S/c1-10-6-15(23-26-10)17(25)22-18-21-14-4-5-24(9-16(14)27-18)8-11-2-3-12(19)7-13(11)20/h2-3,6-7H,4-5,8-9H2,1H3,(H,21,22,25). The van der Waals surface area contributed by atoms with Crippen LogP contribution < -0.4 is 5.32 Å². The van der Waals surface area contributed by atoms with Gasteiger partial charge in [-0.15, -0.1) is 11.3 Å². The largest absolute Gasteiger partial charge is 0.361 e. The molecule has 1 amide bonds. The minimum atomic E-state index is -0.317. The Balaban J connectivity index is 1.43. The third-order valence-electron chi connectivity index (χ3n) is 4.30. The lowest BCUT2D eigenvalue weighted by atomic mass is 10.1. The van der Waals surface area contributed by atoms with Gasteiger partial charge in [0.15, 0.2) is 10.8 Å². The zero-order valence-corrected chi connectivity index (χ0v) is 16.8. The summed E-state index contributed by atoms with van der Waals surface area (Å²) in [5.74, 6) is 0.276. The highest BCUT2D eigenvalue weighted by Crippen LogP contribution is 2.30. The van der Waals surface area contributed by atoms with Crippen LogP contribution >= 0.6 is 34.5 Å². The normalized spacial score (nSPS) is 14.2. The van der Waals surface area contributed by atoms with Gasteiger partial charge >= 0.3 is 0 Å². The molecule has 140 valence electrons. The van der Waals surface area contributed by atoms with E-state index >= 15 is 0 Å². The van der Waals surface area contributed by atoms with Gasteiger partial charge in [0.05, 0.1) is 5.69 Å². The van der Waals surface area contributed by atoms with E-state index in [0.29, 0.717) is 20.9 Å². The molecule has 0 saturated heterocycles. The molecule has 2 aromatic heterocycles. The van der Waals surface area contributed by atoms with Crippen LogP contribution in [0.25, 0.3) is 0 Å². The highest BCUT2D eigenvalue weighted by molar-refractivity contribution is 7.15. The van der Waals surface area contributed by atoms with Crippen LogP contribution in [0.1, 0.15) is 32.4 Å². The van der Waals surface area contributed by atoms with Gasteiger partial charge in [0.1, 0.15) is 5.76 Å². The fourth-order valence-corrected chi connectivity index (χ4v) is 4.48. The summed E-state index contributed by atoms with van der Waals surface area (Å²) in [4.78, 5) is 20.2. The van der Waals surface area contributed by atoms with Crippen LogP contribution in [0.2, 0.25) is 10.0 Å². The molecule has 0 spiro atoms. The zero-order chi connectivity index (χ0) is 19.0. The number of nitrogens with one attached hydrogen (secondary N) is 1. The molecule has 0 aliphatic carbocycles. The number of thiazole rings is 1. The number of amides is 1. The fourth-order valence-electron chi connectivity index (χ4n) is 2.96. The molecule has 1 aliphatic heterocycles. The van der Waals surface area contributed by atoms with Crippen molar-refractivity contribution >= 4 is 45.6 Å². The van der Waals surface area contributed by atoms with Crippen molar-refractivity contribution in [3.63, 3.8) is 0 Å². The summed E-state index contributed by atoms with van der Waals surface area (Å²) in [7, 11) is 0. The topological polar surface area (TPSA) is 71.3 Å². The minimum Gasteiger partial charge on any atom is -0.361 e. The van der Waals surface area contributed by atoms with Crippen LogP contribution in [-0.2, 0) is 19.5 Å². The van der Waals surface area contributed by atoms with E-state index in [4.69, 9.17) is 27.7 Å². The number of rotatable bonds is 4. The van der Waals surface area contributed by atoms with E-state index in [2.05, 4.69) is 20.4 Å². The van der Waals surface area contributed by atoms with Crippen molar-refractivity contribution in [1.82, 2.24) is 15.0 Å². The minimum absolute atomic E-state index is 0.250. The molecule has 1 N–H and O–H groups in total. The molecule has 6 nitrogen and oxygen atoms in total. The number of benzene rings is 1. The molecule has 4 rings (SSSR count). The van der Waals surface area contributed by atoms with Crippen LogP contribution in [0.4, 0.5) is 5.13 Å². The van der Waals surface area contributed by atoms with Crippen molar-refractivity contribution < 1.29 is 9.32 Å². The number of anilines is 1. The second-order valence-corrected chi connectivity index (χ2v) is 8.29. The number of aryl methyl sites for hydroxylation is 1. The van der Waals surface area contributed by atoms with Gasteiger partial charge < -0.3 is 4.52 Å². The molecular weight excluding hydrogens is 407 g/mol. The van der Waals surface area contributed by atoms with Gasteiger partial charge in [-0.05, 0) is 24.6 Å². The summed E-state index contributed by atoms with van der Waals surface area (Å²) in [5.41, 5.74) is 2.33. The quantitative estimate of drug-likeness (QED) is 0.667. The Labute approximate surface area is 170 Å². The van der Waals surface area contributed by atoms with Gasteiger partial charge in [0.25, 0.3) is 5.91 Å². The van der Waals surface area contributed by atoms with Crippen molar-refractivity contribution in [3.8, 4) is 0 Å². The molecular formula is C18H16Cl2N4O2S. The van der Waals surface area contributed by atoms with Gasteiger partial charge in [-0.25, -0.2) is 4.98 Å². The van der Waals surface area contributed by atoms with E-state index in [1.807, 2.05) is 12.1 Å². The summed E-state index contributed by atoms with van der Waals surface area (Å²) in [6.45, 7) is 4.14. The van der Waals surface area contributed by atoms with Crippen molar-refractivity contribution in [2.45, 2.75) is 26.4 Å². The molecule has 9 heteroatoms. The number of hydrogen-bond acceptors (Lipinski definition) is 6. The molecule has 0 radical (unpaired) electrons. The van der Waals surface area contributed by atoms with Crippen molar-refractivity contribution in [2.24, 2.45) is 0 Å². The fraction of sp³-hybridized carbons (Fsp3) is 0.278. The van der Waals surface area contributed by atoms with Gasteiger partial charge in [0.2, 0.25) is 0 Å². The number of halogens is 2. The highest BCUT2D eigenvalue weighted by atomic mass is 35.5. The van der Waals surface area contributed by atoms with Gasteiger partial charge in [-0.3, -0.25) is 15.0 Å². The predicted molar refractivity (Wildman–Crippen MR) is 106 cm³/mol. The number of aromatic nitrogens is 2. The Morgan fingerprint density at radius 2 is 2.22 bits per heavy atom. The van der Waals surface area contributed by atoms with Gasteiger partial charge in [0, 0.05) is 47.0 Å². The smallest absolute Gasteiger partial charge is 0.279 e. The van der Waals surface area contributed by atoms with E-state index in [9.17, 15) is 4.79 Å². The second-order valence-electron chi connectivity index (χ2n) is 6.36. The molecule has 27 heavy (non-hydrogen) atoms. The summed E-state index contributed by atoms with van der Waals surface area (Å²) < 4.78 is 4.94. The van der Waals surface area contributed by atoms with Crippen molar-refractivity contribution in [3.05, 3.63) is 61.9 Å². The maximum absolute atomic E-state index is 12.2. The molecule has 0 fully saturated rings. The Morgan fingerprint density at radius 1 is 1.37 bits per heavy atom. The number of fused-ring (bicyclic) bond motifs is 1. The first-order valence-electron chi connectivity index (χ1n) is 8.37. The maximum Gasteiger partial charge on any atom is 0.279 e. The van der Waals surface area contributed by atoms with Gasteiger partial charge in [-0.2, -0.15) is 0 Å². The monoisotopic (exact) mass is 422 g/mol. The summed E-state index contributed by atoms with van der Waals surface area (Å²) in [5, 5.41) is 8.42. The average molecular weight is 423 g/mol. The van der Waals surface area contributed by atoms with E-state index < -0.39 is 0 Å². The summed E-state index contributed by atoms with van der Waals surface area (Å²) >= 11 is 13.7. The lowest BCUT2D eigenvalue weighted by Crippen LogP contribution is -2.29. The van der Waals surface area contributed by atoms with E-state index in [-0.39, 0.29) is 11.6 Å². The summed E-state index contributed by atoms with van der Waals surface area (Å²) in [6.07, 6.45) is 0.829. The van der Waals surface area contributed by atoms with E-state index in [1.54, 1.807) is 19.1 Å². The molecule has 1 aliphatic rings. The van der Waals surface area contributed by atoms with E-state index in [1.165, 1.54) is 11.3 Å². The lowest BCUT2D eigenvalue weighted by Gasteiger charge is -2.26. The van der Waals surface area contributed by atoms with Crippen LogP contribution in [-0.4, -0.2) is 27.5 Å².